The van der Waals surface area contributed by atoms with Crippen LogP contribution < -0.4 is 10.0 Å². The molecular formula is C8H20N2O2S. The smallest absolute Gasteiger partial charge is 0.213 e. The summed E-state index contributed by atoms with van der Waals surface area (Å²) in [5.41, 5.74) is 0. The van der Waals surface area contributed by atoms with Crippen molar-refractivity contribution in [3.05, 3.63) is 0 Å². The Labute approximate surface area is 81.2 Å². The first kappa shape index (κ1) is 12.9. The minimum absolute atomic E-state index is 0.00172. The summed E-state index contributed by atoms with van der Waals surface area (Å²) in [5, 5.41) is 2.81. The Balaban J connectivity index is 4.02. The van der Waals surface area contributed by atoms with Gasteiger partial charge in [0.05, 0.1) is 5.75 Å². The number of hydrogen-bond acceptors (Lipinski definition) is 3. The molecule has 0 fully saturated rings. The van der Waals surface area contributed by atoms with Crippen LogP contribution >= 0.6 is 0 Å². The normalized spacial score (nSPS) is 14.8. The molecule has 0 bridgehead atoms. The highest BCUT2D eigenvalue weighted by Crippen LogP contribution is 2.01. The molecule has 1 unspecified atom stereocenters. The SMILES string of the molecule is CNCCS(=O)(=O)NC(C)C(C)C. The van der Waals surface area contributed by atoms with Crippen molar-refractivity contribution in [3.63, 3.8) is 0 Å². The molecule has 0 radical (unpaired) electrons. The molecule has 0 aromatic heterocycles. The van der Waals surface area contributed by atoms with Gasteiger partial charge in [0.25, 0.3) is 0 Å². The van der Waals surface area contributed by atoms with E-state index in [4.69, 9.17) is 0 Å². The molecule has 0 amide bonds. The number of sulfonamides is 1. The molecule has 4 nitrogen and oxygen atoms in total. The van der Waals surface area contributed by atoms with Gasteiger partial charge >= 0.3 is 0 Å². The summed E-state index contributed by atoms with van der Waals surface area (Å²) in [7, 11) is -1.36. The van der Waals surface area contributed by atoms with Crippen LogP contribution in [0.1, 0.15) is 20.8 Å². The summed E-state index contributed by atoms with van der Waals surface area (Å²) in [6, 6.07) is 0.00172. The molecule has 0 saturated heterocycles. The molecule has 0 rings (SSSR count). The van der Waals surface area contributed by atoms with Crippen LogP contribution in [0.5, 0.6) is 0 Å². The fourth-order valence-corrected chi connectivity index (χ4v) is 2.14. The van der Waals surface area contributed by atoms with Gasteiger partial charge in [-0.15, -0.1) is 0 Å². The third-order valence-corrected chi connectivity index (χ3v) is 3.46. The van der Waals surface area contributed by atoms with Crippen molar-refractivity contribution in [2.75, 3.05) is 19.3 Å². The van der Waals surface area contributed by atoms with Crippen LogP contribution in [0.25, 0.3) is 0 Å². The Morgan fingerprint density at radius 3 is 2.15 bits per heavy atom. The predicted octanol–water partition coefficient (Wildman–Crippen LogP) is 0.170. The largest absolute Gasteiger partial charge is 0.319 e. The van der Waals surface area contributed by atoms with Crippen LogP contribution in [-0.2, 0) is 10.0 Å². The van der Waals surface area contributed by atoms with Gasteiger partial charge in [-0.3, -0.25) is 0 Å². The average Bonchev–Trinajstić information content (AvgIpc) is 2.00. The Bertz CT molecular complexity index is 224. The van der Waals surface area contributed by atoms with E-state index in [1.165, 1.54) is 0 Å². The Hall–Kier alpha value is -0.130. The van der Waals surface area contributed by atoms with Gasteiger partial charge in [-0.25, -0.2) is 13.1 Å². The van der Waals surface area contributed by atoms with Crippen LogP contribution in [-0.4, -0.2) is 33.8 Å². The van der Waals surface area contributed by atoms with Crippen molar-refractivity contribution in [2.24, 2.45) is 5.92 Å². The van der Waals surface area contributed by atoms with Gasteiger partial charge in [-0.05, 0) is 19.9 Å². The Morgan fingerprint density at radius 1 is 1.23 bits per heavy atom. The Morgan fingerprint density at radius 2 is 1.77 bits per heavy atom. The second-order valence-corrected chi connectivity index (χ2v) is 5.45. The molecule has 0 heterocycles. The highest BCUT2D eigenvalue weighted by atomic mass is 32.2. The quantitative estimate of drug-likeness (QED) is 0.654. The van der Waals surface area contributed by atoms with E-state index in [2.05, 4.69) is 10.0 Å². The highest BCUT2D eigenvalue weighted by molar-refractivity contribution is 7.89. The number of rotatable bonds is 6. The molecule has 0 aromatic carbocycles. The molecule has 5 heteroatoms. The van der Waals surface area contributed by atoms with Crippen LogP contribution in [0.4, 0.5) is 0 Å². The molecule has 0 aliphatic heterocycles. The lowest BCUT2D eigenvalue weighted by molar-refractivity contribution is 0.476. The molecule has 0 aliphatic carbocycles. The number of nitrogens with one attached hydrogen (secondary N) is 2. The van der Waals surface area contributed by atoms with Crippen molar-refractivity contribution in [3.8, 4) is 0 Å². The molecular weight excluding hydrogens is 188 g/mol. The van der Waals surface area contributed by atoms with Crippen LogP contribution in [0, 0.1) is 5.92 Å². The molecule has 0 saturated carbocycles. The van der Waals surface area contributed by atoms with Gasteiger partial charge < -0.3 is 5.32 Å². The predicted molar refractivity (Wildman–Crippen MR) is 55.1 cm³/mol. The zero-order valence-corrected chi connectivity index (χ0v) is 9.61. The molecule has 80 valence electrons. The standard InChI is InChI=1S/C8H20N2O2S/c1-7(2)8(3)10-13(11,12)6-5-9-4/h7-10H,5-6H2,1-4H3. The van der Waals surface area contributed by atoms with E-state index in [0.717, 1.165) is 0 Å². The summed E-state index contributed by atoms with van der Waals surface area (Å²) >= 11 is 0. The third kappa shape index (κ3) is 6.01. The van der Waals surface area contributed by atoms with E-state index in [-0.39, 0.29) is 11.8 Å². The van der Waals surface area contributed by atoms with Crippen molar-refractivity contribution in [1.29, 1.82) is 0 Å². The molecule has 0 aromatic rings. The van der Waals surface area contributed by atoms with E-state index in [9.17, 15) is 8.42 Å². The highest BCUT2D eigenvalue weighted by Gasteiger charge is 2.15. The van der Waals surface area contributed by atoms with Gasteiger partial charge in [0.2, 0.25) is 10.0 Å². The van der Waals surface area contributed by atoms with Crippen molar-refractivity contribution >= 4 is 10.0 Å². The molecule has 0 aliphatic rings. The van der Waals surface area contributed by atoms with E-state index < -0.39 is 10.0 Å². The van der Waals surface area contributed by atoms with Crippen molar-refractivity contribution in [1.82, 2.24) is 10.0 Å². The molecule has 13 heavy (non-hydrogen) atoms. The van der Waals surface area contributed by atoms with Crippen molar-refractivity contribution in [2.45, 2.75) is 26.8 Å². The van der Waals surface area contributed by atoms with E-state index in [1.807, 2.05) is 20.8 Å². The van der Waals surface area contributed by atoms with Crippen LogP contribution in [0.3, 0.4) is 0 Å². The minimum Gasteiger partial charge on any atom is -0.319 e. The monoisotopic (exact) mass is 208 g/mol. The summed E-state index contributed by atoms with van der Waals surface area (Å²) < 4.78 is 25.3. The minimum atomic E-state index is -3.10. The average molecular weight is 208 g/mol. The maximum absolute atomic E-state index is 11.4. The van der Waals surface area contributed by atoms with Gasteiger partial charge in [0, 0.05) is 12.6 Å². The van der Waals surface area contributed by atoms with E-state index >= 15 is 0 Å². The molecule has 1 atom stereocenters. The van der Waals surface area contributed by atoms with Gasteiger partial charge in [0.1, 0.15) is 0 Å². The van der Waals surface area contributed by atoms with Crippen LogP contribution in [0.2, 0.25) is 0 Å². The summed E-state index contributed by atoms with van der Waals surface area (Å²) in [6.07, 6.45) is 0. The van der Waals surface area contributed by atoms with Gasteiger partial charge in [-0.1, -0.05) is 13.8 Å². The van der Waals surface area contributed by atoms with Crippen LogP contribution in [0.15, 0.2) is 0 Å². The second-order valence-electron chi connectivity index (χ2n) is 3.57. The van der Waals surface area contributed by atoms with Gasteiger partial charge in [0.15, 0.2) is 0 Å². The lowest BCUT2D eigenvalue weighted by atomic mass is 10.1. The fourth-order valence-electron chi connectivity index (χ4n) is 0.715. The lowest BCUT2D eigenvalue weighted by Gasteiger charge is -2.17. The summed E-state index contributed by atoms with van der Waals surface area (Å²) in [6.45, 7) is 6.35. The lowest BCUT2D eigenvalue weighted by Crippen LogP contribution is -2.39. The first-order chi connectivity index (χ1) is 5.89. The summed E-state index contributed by atoms with van der Waals surface area (Å²) in [5.74, 6) is 0.463. The second kappa shape index (κ2) is 5.57. The maximum atomic E-state index is 11.4. The first-order valence-electron chi connectivity index (χ1n) is 4.53. The van der Waals surface area contributed by atoms with Gasteiger partial charge in [-0.2, -0.15) is 0 Å². The fraction of sp³-hybridized carbons (Fsp3) is 1.00. The summed E-state index contributed by atoms with van der Waals surface area (Å²) in [4.78, 5) is 0. The zero-order chi connectivity index (χ0) is 10.5. The van der Waals surface area contributed by atoms with E-state index in [1.54, 1.807) is 7.05 Å². The third-order valence-electron chi connectivity index (χ3n) is 1.99. The molecule has 2 N–H and O–H groups in total. The molecule has 0 spiro atoms. The topological polar surface area (TPSA) is 58.2 Å². The zero-order valence-electron chi connectivity index (χ0n) is 8.79. The van der Waals surface area contributed by atoms with E-state index in [0.29, 0.717) is 12.5 Å². The Kier molecular flexibility index (Phi) is 5.51. The number of hydrogen-bond donors (Lipinski definition) is 2. The first-order valence-corrected chi connectivity index (χ1v) is 6.19. The van der Waals surface area contributed by atoms with Crippen molar-refractivity contribution < 1.29 is 8.42 Å². The maximum Gasteiger partial charge on any atom is 0.213 e.